The highest BCUT2D eigenvalue weighted by atomic mass is 35.5. The second-order valence-corrected chi connectivity index (χ2v) is 4.77. The SMILES string of the molecule is NC(=S)NC(=O)/C=C/c1ccc(-c2ccc(Cl)cc2)o1. The zero-order valence-electron chi connectivity index (χ0n) is 10.3. The molecule has 0 atom stereocenters. The molecule has 1 heterocycles. The maximum absolute atomic E-state index is 11.3. The fourth-order valence-corrected chi connectivity index (χ4v) is 1.76. The van der Waals surface area contributed by atoms with Crippen LogP contribution in [0.5, 0.6) is 0 Å². The summed E-state index contributed by atoms with van der Waals surface area (Å²) in [6.07, 6.45) is 2.83. The molecule has 0 spiro atoms. The van der Waals surface area contributed by atoms with Gasteiger partial charge in [0.2, 0.25) is 5.91 Å². The number of carbonyl (C=O) groups is 1. The van der Waals surface area contributed by atoms with Gasteiger partial charge in [-0.15, -0.1) is 0 Å². The molecule has 0 aliphatic rings. The Bertz CT molecular complexity index is 662. The molecule has 0 aliphatic heterocycles. The lowest BCUT2D eigenvalue weighted by Gasteiger charge is -1.97. The van der Waals surface area contributed by atoms with Crippen LogP contribution in [0.2, 0.25) is 5.02 Å². The van der Waals surface area contributed by atoms with Crippen molar-refractivity contribution in [3.05, 3.63) is 53.3 Å². The van der Waals surface area contributed by atoms with E-state index in [1.54, 1.807) is 18.2 Å². The minimum atomic E-state index is -0.401. The molecule has 1 aromatic heterocycles. The van der Waals surface area contributed by atoms with Crippen LogP contribution in [0.1, 0.15) is 5.76 Å². The Morgan fingerprint density at radius 1 is 1.25 bits per heavy atom. The van der Waals surface area contributed by atoms with Gasteiger partial charge in [0.25, 0.3) is 0 Å². The minimum absolute atomic E-state index is 0.0686. The number of thiocarbonyl (C=S) groups is 1. The van der Waals surface area contributed by atoms with Crippen LogP contribution < -0.4 is 11.1 Å². The van der Waals surface area contributed by atoms with E-state index in [1.165, 1.54) is 12.2 Å². The summed E-state index contributed by atoms with van der Waals surface area (Å²) in [5, 5.41) is 2.88. The molecular formula is C14H11ClN2O2S. The number of benzene rings is 1. The molecule has 20 heavy (non-hydrogen) atoms. The minimum Gasteiger partial charge on any atom is -0.457 e. The number of hydrogen-bond donors (Lipinski definition) is 2. The average Bonchev–Trinajstić information content (AvgIpc) is 2.85. The first-order chi connectivity index (χ1) is 9.54. The van der Waals surface area contributed by atoms with Crippen molar-refractivity contribution in [2.75, 3.05) is 0 Å². The van der Waals surface area contributed by atoms with Crippen LogP contribution in [0, 0.1) is 0 Å². The Hall–Kier alpha value is -2.11. The van der Waals surface area contributed by atoms with Crippen LogP contribution in [0.15, 0.2) is 46.9 Å². The number of hydrogen-bond acceptors (Lipinski definition) is 3. The third-order valence-electron chi connectivity index (χ3n) is 2.40. The summed E-state index contributed by atoms with van der Waals surface area (Å²) in [5.41, 5.74) is 6.09. The van der Waals surface area contributed by atoms with Crippen molar-refractivity contribution >= 4 is 40.9 Å². The molecule has 3 N–H and O–H groups in total. The Morgan fingerprint density at radius 2 is 1.95 bits per heavy atom. The highest BCUT2D eigenvalue weighted by Crippen LogP contribution is 2.24. The number of furan rings is 1. The monoisotopic (exact) mass is 306 g/mol. The van der Waals surface area contributed by atoms with Crippen molar-refractivity contribution in [3.8, 4) is 11.3 Å². The van der Waals surface area contributed by atoms with E-state index in [-0.39, 0.29) is 5.11 Å². The van der Waals surface area contributed by atoms with Crippen molar-refractivity contribution < 1.29 is 9.21 Å². The van der Waals surface area contributed by atoms with E-state index in [2.05, 4.69) is 17.5 Å². The van der Waals surface area contributed by atoms with Gasteiger partial charge in [0.1, 0.15) is 11.5 Å². The van der Waals surface area contributed by atoms with Crippen molar-refractivity contribution in [1.29, 1.82) is 0 Å². The Labute approximate surface area is 126 Å². The first-order valence-corrected chi connectivity index (χ1v) is 6.47. The summed E-state index contributed by atoms with van der Waals surface area (Å²) in [5.74, 6) is 0.839. The average molecular weight is 307 g/mol. The van der Waals surface area contributed by atoms with Gasteiger partial charge in [0, 0.05) is 16.7 Å². The molecule has 1 amide bonds. The quantitative estimate of drug-likeness (QED) is 0.676. The highest BCUT2D eigenvalue weighted by molar-refractivity contribution is 7.80. The molecule has 0 aliphatic carbocycles. The van der Waals surface area contributed by atoms with Crippen molar-refractivity contribution in [2.24, 2.45) is 5.73 Å². The molecular weight excluding hydrogens is 296 g/mol. The Balaban J connectivity index is 2.09. The Morgan fingerprint density at radius 3 is 2.60 bits per heavy atom. The van der Waals surface area contributed by atoms with E-state index < -0.39 is 5.91 Å². The predicted molar refractivity (Wildman–Crippen MR) is 83.1 cm³/mol. The van der Waals surface area contributed by atoms with Gasteiger partial charge >= 0.3 is 0 Å². The molecule has 0 unspecified atom stereocenters. The van der Waals surface area contributed by atoms with Gasteiger partial charge in [-0.05, 0) is 54.7 Å². The van der Waals surface area contributed by atoms with Crippen LogP contribution in [-0.4, -0.2) is 11.0 Å². The van der Waals surface area contributed by atoms with Crippen LogP contribution in [0.3, 0.4) is 0 Å². The van der Waals surface area contributed by atoms with Crippen LogP contribution in [0.4, 0.5) is 0 Å². The normalized spacial score (nSPS) is 10.7. The van der Waals surface area contributed by atoms with Crippen molar-refractivity contribution in [3.63, 3.8) is 0 Å². The van der Waals surface area contributed by atoms with Crippen molar-refractivity contribution in [1.82, 2.24) is 5.32 Å². The molecule has 6 heteroatoms. The summed E-state index contributed by atoms with van der Waals surface area (Å²) < 4.78 is 5.59. The molecule has 102 valence electrons. The second-order valence-electron chi connectivity index (χ2n) is 3.90. The largest absolute Gasteiger partial charge is 0.457 e. The summed E-state index contributed by atoms with van der Waals surface area (Å²) in [7, 11) is 0. The van der Waals surface area contributed by atoms with Crippen LogP contribution in [0.25, 0.3) is 17.4 Å². The van der Waals surface area contributed by atoms with E-state index >= 15 is 0 Å². The summed E-state index contributed by atoms with van der Waals surface area (Å²) >= 11 is 10.4. The van der Waals surface area contributed by atoms with E-state index in [4.69, 9.17) is 21.8 Å². The van der Waals surface area contributed by atoms with Gasteiger partial charge in [-0.1, -0.05) is 11.6 Å². The third-order valence-corrected chi connectivity index (χ3v) is 2.75. The maximum Gasteiger partial charge on any atom is 0.250 e. The smallest absolute Gasteiger partial charge is 0.250 e. The van der Waals surface area contributed by atoms with Gasteiger partial charge in [0.15, 0.2) is 5.11 Å². The predicted octanol–water partition coefficient (Wildman–Crippen LogP) is 2.97. The summed E-state index contributed by atoms with van der Waals surface area (Å²) in [6.45, 7) is 0. The van der Waals surface area contributed by atoms with Gasteiger partial charge < -0.3 is 10.2 Å². The first kappa shape index (κ1) is 14.3. The lowest BCUT2D eigenvalue weighted by atomic mass is 10.2. The lowest BCUT2D eigenvalue weighted by molar-refractivity contribution is -0.115. The first-order valence-electron chi connectivity index (χ1n) is 5.69. The molecule has 0 saturated heterocycles. The number of nitrogens with two attached hydrogens (primary N) is 1. The molecule has 1 aromatic carbocycles. The lowest BCUT2D eigenvalue weighted by Crippen LogP contribution is -2.33. The van der Waals surface area contributed by atoms with Gasteiger partial charge in [-0.2, -0.15) is 0 Å². The van der Waals surface area contributed by atoms with Crippen molar-refractivity contribution in [2.45, 2.75) is 0 Å². The fraction of sp³-hybridized carbons (Fsp3) is 0. The number of rotatable bonds is 3. The molecule has 2 rings (SSSR count). The van der Waals surface area contributed by atoms with Gasteiger partial charge in [-0.3, -0.25) is 10.1 Å². The van der Waals surface area contributed by atoms with E-state index in [1.807, 2.05) is 18.2 Å². The zero-order valence-corrected chi connectivity index (χ0v) is 11.9. The molecule has 0 saturated carbocycles. The second kappa shape index (κ2) is 6.36. The third kappa shape index (κ3) is 3.94. The summed E-state index contributed by atoms with van der Waals surface area (Å²) in [4.78, 5) is 11.3. The molecule has 0 fully saturated rings. The summed E-state index contributed by atoms with van der Waals surface area (Å²) in [6, 6.07) is 10.8. The van der Waals surface area contributed by atoms with Gasteiger partial charge in [0.05, 0.1) is 0 Å². The Kier molecular flexibility index (Phi) is 4.55. The van der Waals surface area contributed by atoms with E-state index in [0.717, 1.165) is 5.56 Å². The highest BCUT2D eigenvalue weighted by Gasteiger charge is 2.03. The van der Waals surface area contributed by atoms with E-state index in [0.29, 0.717) is 16.5 Å². The molecule has 0 radical (unpaired) electrons. The maximum atomic E-state index is 11.3. The topological polar surface area (TPSA) is 68.3 Å². The fourth-order valence-electron chi connectivity index (χ4n) is 1.53. The van der Waals surface area contributed by atoms with Crippen LogP contribution >= 0.6 is 23.8 Å². The molecule has 0 bridgehead atoms. The van der Waals surface area contributed by atoms with E-state index in [9.17, 15) is 4.79 Å². The number of carbonyl (C=O) groups excluding carboxylic acids is 1. The van der Waals surface area contributed by atoms with Crippen LogP contribution in [-0.2, 0) is 4.79 Å². The van der Waals surface area contributed by atoms with Gasteiger partial charge in [-0.25, -0.2) is 0 Å². The standard InChI is InChI=1S/C14H11ClN2O2S/c15-10-3-1-9(2-4-10)12-7-5-11(19-12)6-8-13(18)17-14(16)20/h1-8H,(H3,16,17,18,20)/b8-6+. The molecule has 4 nitrogen and oxygen atoms in total. The number of halogens is 1. The number of nitrogens with one attached hydrogen (secondary N) is 1. The molecule has 2 aromatic rings. The number of amides is 1. The zero-order chi connectivity index (χ0) is 14.5.